The predicted molar refractivity (Wildman–Crippen MR) is 99.7 cm³/mol. The summed E-state index contributed by atoms with van der Waals surface area (Å²) >= 11 is 0. The number of benzene rings is 3. The Morgan fingerprint density at radius 1 is 0.815 bits per heavy atom. The summed E-state index contributed by atoms with van der Waals surface area (Å²) in [7, 11) is -8.75. The molecule has 3 aromatic rings. The Morgan fingerprint density at radius 2 is 1.44 bits per heavy atom. The molecular formula is C17H15NO7S2. The Kier molecular flexibility index (Phi) is 4.60. The molecule has 0 heterocycles. The highest BCUT2D eigenvalue weighted by Crippen LogP contribution is 2.32. The molecule has 10 heteroatoms. The van der Waals surface area contributed by atoms with E-state index in [0.717, 1.165) is 6.07 Å². The second-order valence-electron chi connectivity index (χ2n) is 5.93. The van der Waals surface area contributed by atoms with E-state index in [2.05, 4.69) is 5.32 Å². The Hall–Kier alpha value is -2.66. The average Bonchev–Trinajstić information content (AvgIpc) is 2.53. The van der Waals surface area contributed by atoms with Crippen molar-refractivity contribution in [3.63, 3.8) is 0 Å². The molecule has 0 aromatic heterocycles. The van der Waals surface area contributed by atoms with E-state index < -0.39 is 25.1 Å². The summed E-state index contributed by atoms with van der Waals surface area (Å²) < 4.78 is 63.2. The molecule has 3 aromatic carbocycles. The van der Waals surface area contributed by atoms with Crippen molar-refractivity contribution in [3.8, 4) is 5.75 Å². The lowest BCUT2D eigenvalue weighted by molar-refractivity contribution is 0.471. The summed E-state index contributed by atoms with van der Waals surface area (Å²) in [6.07, 6.45) is 0. The van der Waals surface area contributed by atoms with Crippen molar-refractivity contribution in [1.82, 2.24) is 0 Å². The number of hydrogen-bond acceptors (Lipinski definition) is 6. The molecule has 0 saturated carbocycles. The van der Waals surface area contributed by atoms with Gasteiger partial charge in [-0.3, -0.25) is 9.11 Å². The van der Waals surface area contributed by atoms with Gasteiger partial charge in [-0.1, -0.05) is 6.07 Å². The maximum atomic E-state index is 11.3. The molecule has 0 spiro atoms. The topological polar surface area (TPSA) is 141 Å². The molecular weight excluding hydrogens is 394 g/mol. The van der Waals surface area contributed by atoms with Crippen molar-refractivity contribution >= 4 is 42.4 Å². The molecule has 0 aliphatic rings. The second-order valence-corrected chi connectivity index (χ2v) is 8.75. The molecule has 3 rings (SSSR count). The van der Waals surface area contributed by atoms with Gasteiger partial charge in [-0.15, -0.1) is 0 Å². The summed E-state index contributed by atoms with van der Waals surface area (Å²) in [4.78, 5) is -0.605. The molecule has 0 aliphatic heterocycles. The van der Waals surface area contributed by atoms with E-state index in [-0.39, 0.29) is 10.6 Å². The molecule has 0 bridgehead atoms. The van der Waals surface area contributed by atoms with Gasteiger partial charge in [0.15, 0.2) is 0 Å². The lowest BCUT2D eigenvalue weighted by Gasteiger charge is -2.11. The van der Waals surface area contributed by atoms with E-state index in [4.69, 9.17) is 9.11 Å². The van der Waals surface area contributed by atoms with Crippen LogP contribution in [0.1, 0.15) is 5.56 Å². The quantitative estimate of drug-likeness (QED) is 0.482. The maximum Gasteiger partial charge on any atom is 0.294 e. The first-order valence-corrected chi connectivity index (χ1v) is 10.4. The van der Waals surface area contributed by atoms with Crippen molar-refractivity contribution in [2.24, 2.45) is 0 Å². The van der Waals surface area contributed by atoms with Crippen LogP contribution in [0.4, 0.5) is 11.4 Å². The maximum absolute atomic E-state index is 11.3. The van der Waals surface area contributed by atoms with Gasteiger partial charge < -0.3 is 10.4 Å². The minimum atomic E-state index is -4.44. The van der Waals surface area contributed by atoms with Crippen LogP contribution in [0.5, 0.6) is 5.75 Å². The SMILES string of the molecule is Cc1cc(Nc2ccc3cc(S(=O)(=O)O)cc(O)c3c2)ccc1S(=O)(=O)O. The van der Waals surface area contributed by atoms with Gasteiger partial charge in [0, 0.05) is 22.8 Å². The van der Waals surface area contributed by atoms with Crippen LogP contribution in [-0.2, 0) is 20.2 Å². The highest BCUT2D eigenvalue weighted by atomic mass is 32.2. The van der Waals surface area contributed by atoms with Gasteiger partial charge in [0.05, 0.1) is 9.79 Å². The van der Waals surface area contributed by atoms with Crippen LogP contribution in [0, 0.1) is 6.92 Å². The first-order valence-electron chi connectivity index (χ1n) is 7.54. The molecule has 0 unspecified atom stereocenters. The molecule has 27 heavy (non-hydrogen) atoms. The van der Waals surface area contributed by atoms with Gasteiger partial charge >= 0.3 is 0 Å². The number of fused-ring (bicyclic) bond motifs is 1. The van der Waals surface area contributed by atoms with Gasteiger partial charge in [-0.2, -0.15) is 16.8 Å². The zero-order chi connectivity index (χ0) is 20.0. The molecule has 0 fully saturated rings. The van der Waals surface area contributed by atoms with E-state index in [1.165, 1.54) is 31.2 Å². The summed E-state index contributed by atoms with van der Waals surface area (Å²) in [5.41, 5.74) is 1.45. The zero-order valence-electron chi connectivity index (χ0n) is 13.9. The normalized spacial score (nSPS) is 12.3. The first kappa shape index (κ1) is 19.1. The molecule has 8 nitrogen and oxygen atoms in total. The van der Waals surface area contributed by atoms with Crippen LogP contribution in [0.2, 0.25) is 0 Å². The van der Waals surface area contributed by atoms with Crippen molar-refractivity contribution in [1.29, 1.82) is 0 Å². The third-order valence-electron chi connectivity index (χ3n) is 3.95. The Bertz CT molecular complexity index is 1270. The first-order chi connectivity index (χ1) is 12.4. The number of hydrogen-bond donors (Lipinski definition) is 4. The number of aromatic hydroxyl groups is 1. The van der Waals surface area contributed by atoms with E-state index in [1.54, 1.807) is 18.2 Å². The zero-order valence-corrected chi connectivity index (χ0v) is 15.5. The van der Waals surface area contributed by atoms with Gasteiger partial charge in [0.2, 0.25) is 0 Å². The number of aryl methyl sites for hydroxylation is 1. The second kappa shape index (κ2) is 6.50. The number of rotatable bonds is 4. The highest BCUT2D eigenvalue weighted by Gasteiger charge is 2.15. The molecule has 4 N–H and O–H groups in total. The van der Waals surface area contributed by atoms with Gasteiger partial charge in [0.1, 0.15) is 5.75 Å². The third kappa shape index (κ3) is 4.03. The van der Waals surface area contributed by atoms with Gasteiger partial charge in [-0.25, -0.2) is 0 Å². The molecule has 0 atom stereocenters. The summed E-state index contributed by atoms with van der Waals surface area (Å²) in [6, 6.07) is 11.2. The summed E-state index contributed by atoms with van der Waals surface area (Å²) in [5.74, 6) is -0.318. The van der Waals surface area contributed by atoms with Gasteiger partial charge in [0.25, 0.3) is 20.2 Å². The predicted octanol–water partition coefficient (Wildman–Crippen LogP) is 3.09. The number of nitrogens with one attached hydrogen (secondary N) is 1. The third-order valence-corrected chi connectivity index (χ3v) is 5.79. The molecule has 0 amide bonds. The smallest absolute Gasteiger partial charge is 0.294 e. The molecule has 0 aliphatic carbocycles. The van der Waals surface area contributed by atoms with E-state index in [9.17, 15) is 21.9 Å². The van der Waals surface area contributed by atoms with Crippen molar-refractivity contribution < 1.29 is 31.0 Å². The Morgan fingerprint density at radius 3 is 2.04 bits per heavy atom. The lowest BCUT2D eigenvalue weighted by Crippen LogP contribution is -2.01. The van der Waals surface area contributed by atoms with Crippen LogP contribution >= 0.6 is 0 Å². The standard InChI is InChI=1S/C17H15NO7S2/c1-10-6-12(4-5-17(10)27(23,24)25)18-13-3-2-11-7-14(26(20,21)22)9-16(19)15(11)8-13/h2-9,18-19H,1H3,(H,20,21,22)(H,23,24,25). The fraction of sp³-hybridized carbons (Fsp3) is 0.0588. The number of phenolic OH excluding ortho intramolecular Hbond substituents is 1. The van der Waals surface area contributed by atoms with Crippen LogP contribution in [0.15, 0.2) is 58.3 Å². The summed E-state index contributed by atoms with van der Waals surface area (Å²) in [6.45, 7) is 1.54. The van der Waals surface area contributed by atoms with E-state index in [0.29, 0.717) is 27.7 Å². The minimum absolute atomic E-state index is 0.193. The largest absolute Gasteiger partial charge is 0.507 e. The van der Waals surface area contributed by atoms with Crippen LogP contribution < -0.4 is 5.32 Å². The van der Waals surface area contributed by atoms with Gasteiger partial charge in [-0.05, 0) is 54.3 Å². The fourth-order valence-corrected chi connectivity index (χ4v) is 3.96. The molecule has 142 valence electrons. The minimum Gasteiger partial charge on any atom is -0.507 e. The van der Waals surface area contributed by atoms with Crippen molar-refractivity contribution in [2.75, 3.05) is 5.32 Å². The lowest BCUT2D eigenvalue weighted by atomic mass is 10.1. The van der Waals surface area contributed by atoms with Crippen LogP contribution in [0.3, 0.4) is 0 Å². The summed E-state index contributed by atoms with van der Waals surface area (Å²) in [5, 5.41) is 13.9. The van der Waals surface area contributed by atoms with Crippen LogP contribution in [0.25, 0.3) is 10.8 Å². The highest BCUT2D eigenvalue weighted by molar-refractivity contribution is 7.86. The van der Waals surface area contributed by atoms with Crippen LogP contribution in [-0.4, -0.2) is 31.0 Å². The van der Waals surface area contributed by atoms with Crippen molar-refractivity contribution in [2.45, 2.75) is 16.7 Å². The molecule has 0 radical (unpaired) electrons. The van der Waals surface area contributed by atoms with E-state index in [1.807, 2.05) is 0 Å². The molecule has 0 saturated heterocycles. The Balaban J connectivity index is 1.99. The van der Waals surface area contributed by atoms with Crippen molar-refractivity contribution in [3.05, 3.63) is 54.1 Å². The fourth-order valence-electron chi connectivity index (χ4n) is 2.72. The number of phenols is 1. The monoisotopic (exact) mass is 409 g/mol. The van der Waals surface area contributed by atoms with E-state index >= 15 is 0 Å². The number of anilines is 2. The average molecular weight is 409 g/mol. The Labute approximate surface area is 155 Å².